The molecule has 0 unspecified atom stereocenters. The summed E-state index contributed by atoms with van der Waals surface area (Å²) in [4.78, 5) is 11.4. The van der Waals surface area contributed by atoms with Gasteiger partial charge >= 0.3 is 6.03 Å². The van der Waals surface area contributed by atoms with Gasteiger partial charge in [-0.1, -0.05) is 17.7 Å². The van der Waals surface area contributed by atoms with Crippen molar-refractivity contribution in [2.24, 2.45) is 5.73 Å². The molecule has 1 aromatic rings. The molecule has 16 heavy (non-hydrogen) atoms. The van der Waals surface area contributed by atoms with Crippen LogP contribution in [0.2, 0.25) is 5.02 Å². The highest BCUT2D eigenvalue weighted by molar-refractivity contribution is 6.33. The van der Waals surface area contributed by atoms with Gasteiger partial charge in [0.25, 0.3) is 0 Å². The number of amides is 2. The largest absolute Gasteiger partial charge is 0.338 e. The summed E-state index contributed by atoms with van der Waals surface area (Å²) < 4.78 is 0. The summed E-state index contributed by atoms with van der Waals surface area (Å²) in [6, 6.07) is 5.21. The van der Waals surface area contributed by atoms with E-state index >= 15 is 0 Å². The molecule has 88 valence electrons. The Kier molecular flexibility index (Phi) is 5.08. The number of hydrogen-bond donors (Lipinski definition) is 3. The minimum absolute atomic E-state index is 0.263. The smallest absolute Gasteiger partial charge is 0.319 e. The van der Waals surface area contributed by atoms with Gasteiger partial charge in [0.15, 0.2) is 0 Å². The first-order chi connectivity index (χ1) is 7.63. The maximum Gasteiger partial charge on any atom is 0.319 e. The summed E-state index contributed by atoms with van der Waals surface area (Å²) in [5.74, 6) is 0. The van der Waals surface area contributed by atoms with Crippen molar-refractivity contribution in [1.82, 2.24) is 5.32 Å². The number of rotatable bonds is 4. The van der Waals surface area contributed by atoms with E-state index in [1.807, 2.05) is 19.1 Å². The second-order valence-corrected chi connectivity index (χ2v) is 3.91. The van der Waals surface area contributed by atoms with Gasteiger partial charge in [0.2, 0.25) is 0 Å². The van der Waals surface area contributed by atoms with E-state index in [9.17, 15) is 4.79 Å². The molecule has 1 aromatic carbocycles. The van der Waals surface area contributed by atoms with Crippen molar-refractivity contribution in [3.05, 3.63) is 28.8 Å². The molecule has 0 saturated heterocycles. The standard InChI is InChI=1S/C11H16ClN3O/c1-8-3-4-9(12)10(7-8)15-11(16)14-6-2-5-13/h3-4,7H,2,5-6,13H2,1H3,(H2,14,15,16). The van der Waals surface area contributed by atoms with Crippen LogP contribution in [0.25, 0.3) is 0 Å². The molecule has 2 amide bonds. The Morgan fingerprint density at radius 1 is 1.50 bits per heavy atom. The number of nitrogens with two attached hydrogens (primary N) is 1. The van der Waals surface area contributed by atoms with E-state index in [2.05, 4.69) is 10.6 Å². The van der Waals surface area contributed by atoms with E-state index in [1.165, 1.54) is 0 Å². The molecule has 0 atom stereocenters. The Morgan fingerprint density at radius 2 is 2.25 bits per heavy atom. The van der Waals surface area contributed by atoms with Gasteiger partial charge in [0.05, 0.1) is 10.7 Å². The molecule has 0 aliphatic heterocycles. The van der Waals surface area contributed by atoms with Crippen molar-refractivity contribution < 1.29 is 4.79 Å². The maximum absolute atomic E-state index is 11.4. The number of carbonyl (C=O) groups is 1. The van der Waals surface area contributed by atoms with Crippen LogP contribution in [0.3, 0.4) is 0 Å². The Morgan fingerprint density at radius 3 is 2.94 bits per heavy atom. The number of nitrogens with one attached hydrogen (secondary N) is 2. The van der Waals surface area contributed by atoms with Gasteiger partial charge in [-0.05, 0) is 37.6 Å². The second kappa shape index (κ2) is 6.35. The Labute approximate surface area is 100 Å². The van der Waals surface area contributed by atoms with Crippen LogP contribution >= 0.6 is 11.6 Å². The molecule has 0 aromatic heterocycles. The minimum Gasteiger partial charge on any atom is -0.338 e. The number of hydrogen-bond acceptors (Lipinski definition) is 2. The number of halogens is 1. The molecule has 0 aliphatic rings. The van der Waals surface area contributed by atoms with Crippen molar-refractivity contribution in [2.45, 2.75) is 13.3 Å². The summed E-state index contributed by atoms with van der Waals surface area (Å²) in [6.07, 6.45) is 0.759. The maximum atomic E-state index is 11.4. The number of carbonyl (C=O) groups excluding carboxylic acids is 1. The molecular weight excluding hydrogens is 226 g/mol. The summed E-state index contributed by atoms with van der Waals surface area (Å²) in [7, 11) is 0. The quantitative estimate of drug-likeness (QED) is 0.707. The number of urea groups is 1. The van der Waals surface area contributed by atoms with Gasteiger partial charge in [-0.25, -0.2) is 4.79 Å². The van der Waals surface area contributed by atoms with Gasteiger partial charge in [-0.3, -0.25) is 0 Å². The monoisotopic (exact) mass is 241 g/mol. The molecule has 0 aliphatic carbocycles. The zero-order valence-electron chi connectivity index (χ0n) is 9.22. The van der Waals surface area contributed by atoms with Crippen molar-refractivity contribution >= 4 is 23.3 Å². The molecular formula is C11H16ClN3O. The third-order valence-electron chi connectivity index (χ3n) is 2.04. The molecule has 4 nitrogen and oxygen atoms in total. The van der Waals surface area contributed by atoms with Gasteiger partial charge in [0.1, 0.15) is 0 Å². The molecule has 5 heteroatoms. The lowest BCUT2D eigenvalue weighted by atomic mass is 10.2. The molecule has 0 radical (unpaired) electrons. The van der Waals surface area contributed by atoms with Crippen LogP contribution in [0.1, 0.15) is 12.0 Å². The average Bonchev–Trinajstić information content (AvgIpc) is 2.24. The first-order valence-electron chi connectivity index (χ1n) is 5.14. The fraction of sp³-hybridized carbons (Fsp3) is 0.364. The van der Waals surface area contributed by atoms with Crippen LogP contribution in [0.4, 0.5) is 10.5 Å². The Bertz CT molecular complexity index is 368. The molecule has 0 fully saturated rings. The lowest BCUT2D eigenvalue weighted by molar-refractivity contribution is 0.252. The molecule has 0 saturated carbocycles. The number of benzene rings is 1. The van der Waals surface area contributed by atoms with Crippen molar-refractivity contribution in [1.29, 1.82) is 0 Å². The topological polar surface area (TPSA) is 67.2 Å². The van der Waals surface area contributed by atoms with Crippen LogP contribution in [0.15, 0.2) is 18.2 Å². The predicted molar refractivity (Wildman–Crippen MR) is 66.9 cm³/mol. The number of aryl methyl sites for hydroxylation is 1. The first kappa shape index (κ1) is 12.8. The van der Waals surface area contributed by atoms with E-state index in [4.69, 9.17) is 17.3 Å². The van der Waals surface area contributed by atoms with E-state index in [0.29, 0.717) is 23.8 Å². The summed E-state index contributed by atoms with van der Waals surface area (Å²) >= 11 is 5.94. The van der Waals surface area contributed by atoms with Gasteiger partial charge in [-0.15, -0.1) is 0 Å². The highest BCUT2D eigenvalue weighted by Crippen LogP contribution is 2.22. The second-order valence-electron chi connectivity index (χ2n) is 3.51. The van der Waals surface area contributed by atoms with E-state index in [-0.39, 0.29) is 6.03 Å². The van der Waals surface area contributed by atoms with Crippen LogP contribution < -0.4 is 16.4 Å². The fourth-order valence-electron chi connectivity index (χ4n) is 1.21. The lowest BCUT2D eigenvalue weighted by Gasteiger charge is -2.09. The molecule has 1 rings (SSSR count). The van der Waals surface area contributed by atoms with Crippen LogP contribution in [0, 0.1) is 6.92 Å². The van der Waals surface area contributed by atoms with Crippen molar-refractivity contribution in [3.8, 4) is 0 Å². The Hall–Kier alpha value is -1.26. The van der Waals surface area contributed by atoms with Gasteiger partial charge in [0, 0.05) is 6.54 Å². The predicted octanol–water partition coefficient (Wildman–Crippen LogP) is 2.12. The third-order valence-corrected chi connectivity index (χ3v) is 2.37. The van der Waals surface area contributed by atoms with Crippen LogP contribution in [-0.2, 0) is 0 Å². The summed E-state index contributed by atoms with van der Waals surface area (Å²) in [5.41, 5.74) is 6.98. The zero-order chi connectivity index (χ0) is 12.0. The minimum atomic E-state index is -0.263. The van der Waals surface area contributed by atoms with Crippen LogP contribution in [-0.4, -0.2) is 19.1 Å². The molecule has 0 bridgehead atoms. The van der Waals surface area contributed by atoms with Gasteiger partial charge in [-0.2, -0.15) is 0 Å². The zero-order valence-corrected chi connectivity index (χ0v) is 9.97. The van der Waals surface area contributed by atoms with Crippen molar-refractivity contribution in [3.63, 3.8) is 0 Å². The lowest BCUT2D eigenvalue weighted by Crippen LogP contribution is -2.30. The highest BCUT2D eigenvalue weighted by atomic mass is 35.5. The average molecular weight is 242 g/mol. The summed E-state index contributed by atoms with van der Waals surface area (Å²) in [6.45, 7) is 3.06. The number of anilines is 1. The SMILES string of the molecule is Cc1ccc(Cl)c(NC(=O)NCCCN)c1. The normalized spacial score (nSPS) is 9.94. The Balaban J connectivity index is 2.52. The van der Waals surface area contributed by atoms with E-state index in [1.54, 1.807) is 6.07 Å². The fourth-order valence-corrected chi connectivity index (χ4v) is 1.37. The highest BCUT2D eigenvalue weighted by Gasteiger charge is 2.04. The van der Waals surface area contributed by atoms with E-state index in [0.717, 1.165) is 12.0 Å². The molecule has 4 N–H and O–H groups in total. The third kappa shape index (κ3) is 4.08. The summed E-state index contributed by atoms with van der Waals surface area (Å²) in [5, 5.41) is 5.90. The first-order valence-corrected chi connectivity index (χ1v) is 5.52. The molecule has 0 heterocycles. The molecule has 0 spiro atoms. The van der Waals surface area contributed by atoms with Crippen molar-refractivity contribution in [2.75, 3.05) is 18.4 Å². The van der Waals surface area contributed by atoms with Crippen LogP contribution in [0.5, 0.6) is 0 Å². The van der Waals surface area contributed by atoms with E-state index < -0.39 is 0 Å². The van der Waals surface area contributed by atoms with Gasteiger partial charge < -0.3 is 16.4 Å².